The number of aromatic nitrogens is 1. The number of thioether (sulfide) groups is 1. The number of H-pyrrole nitrogens is 1. The number of carbonyl (C=O) groups is 2. The van der Waals surface area contributed by atoms with Crippen LogP contribution in [0.25, 0.3) is 10.9 Å². The highest BCUT2D eigenvalue weighted by atomic mass is 32.2. The number of hydrogen-bond donors (Lipinski definition) is 4. The highest BCUT2D eigenvalue weighted by Gasteiger charge is 2.24. The summed E-state index contributed by atoms with van der Waals surface area (Å²) in [4.78, 5) is 27.0. The monoisotopic (exact) mass is 403 g/mol. The third kappa shape index (κ3) is 5.79. The van der Waals surface area contributed by atoms with Gasteiger partial charge in [-0.2, -0.15) is 0 Å². The van der Waals surface area contributed by atoms with Gasteiger partial charge in [0, 0.05) is 39.4 Å². The molecule has 0 aliphatic heterocycles. The number of fused-ring (bicyclic) bond motifs is 1. The Morgan fingerprint density at radius 2 is 2.07 bits per heavy atom. The first kappa shape index (κ1) is 21.9. The van der Waals surface area contributed by atoms with Crippen molar-refractivity contribution in [3.05, 3.63) is 42.2 Å². The Balaban J connectivity index is 2.20. The second-order valence-electron chi connectivity index (χ2n) is 7.45. The fourth-order valence-corrected chi connectivity index (χ4v) is 4.64. The van der Waals surface area contributed by atoms with Crippen LogP contribution in [0.15, 0.2) is 41.6 Å². The predicted molar refractivity (Wildman–Crippen MR) is 114 cm³/mol. The van der Waals surface area contributed by atoms with Crippen LogP contribution in [0.3, 0.4) is 0 Å². The summed E-state index contributed by atoms with van der Waals surface area (Å²) in [7, 11) is 0. The third-order valence-electron chi connectivity index (χ3n) is 4.56. The zero-order valence-electron chi connectivity index (χ0n) is 16.6. The van der Waals surface area contributed by atoms with E-state index in [0.717, 1.165) is 16.8 Å². The van der Waals surface area contributed by atoms with Gasteiger partial charge in [-0.3, -0.25) is 4.79 Å². The molecular weight excluding hydrogens is 374 g/mol. The van der Waals surface area contributed by atoms with E-state index in [1.165, 1.54) is 10.9 Å². The number of carbonyl (C=O) groups excluding carboxylic acids is 1. The van der Waals surface area contributed by atoms with Crippen LogP contribution in [-0.2, 0) is 9.59 Å². The number of carboxylic acid groups (broad SMARTS) is 1. The van der Waals surface area contributed by atoms with Gasteiger partial charge >= 0.3 is 5.97 Å². The van der Waals surface area contributed by atoms with E-state index in [4.69, 9.17) is 5.73 Å². The molecule has 0 radical (unpaired) electrons. The summed E-state index contributed by atoms with van der Waals surface area (Å²) in [6, 6.07) is 5.25. The summed E-state index contributed by atoms with van der Waals surface area (Å²) in [5, 5.41) is 13.7. The lowest BCUT2D eigenvalue weighted by Crippen LogP contribution is -2.39. The maximum atomic E-state index is 11.6. The zero-order valence-corrected chi connectivity index (χ0v) is 17.4. The van der Waals surface area contributed by atoms with Crippen molar-refractivity contribution in [3.8, 4) is 0 Å². The van der Waals surface area contributed by atoms with E-state index in [1.807, 2.05) is 18.3 Å². The standard InChI is InChI=1S/C21H29N3O3S/c1-12(2)10-17(14(4)24-16(21(26)27)8-9-19(22)25)28-18-11-23-15-7-5-6-13(3)20(15)18/h5-7,11-12,16-17,23-24H,4,8-10H2,1-3H3,(H2,22,25)(H,26,27)/t16-,17+/m0/s1. The molecule has 0 saturated heterocycles. The highest BCUT2D eigenvalue weighted by molar-refractivity contribution is 8.00. The van der Waals surface area contributed by atoms with Gasteiger partial charge in [-0.05, 0) is 37.3 Å². The number of amides is 1. The van der Waals surface area contributed by atoms with Gasteiger partial charge in [0.25, 0.3) is 0 Å². The van der Waals surface area contributed by atoms with E-state index >= 15 is 0 Å². The van der Waals surface area contributed by atoms with E-state index in [2.05, 4.69) is 43.7 Å². The van der Waals surface area contributed by atoms with Gasteiger partial charge in [-0.1, -0.05) is 32.6 Å². The maximum absolute atomic E-state index is 11.6. The lowest BCUT2D eigenvalue weighted by Gasteiger charge is -2.25. The zero-order chi connectivity index (χ0) is 20.8. The molecular formula is C21H29N3O3S. The molecule has 28 heavy (non-hydrogen) atoms. The molecule has 0 fully saturated rings. The molecule has 2 atom stereocenters. The van der Waals surface area contributed by atoms with E-state index < -0.39 is 17.9 Å². The third-order valence-corrected chi connectivity index (χ3v) is 5.90. The lowest BCUT2D eigenvalue weighted by atomic mass is 10.1. The summed E-state index contributed by atoms with van der Waals surface area (Å²) in [6.07, 6.45) is 2.98. The van der Waals surface area contributed by atoms with Crippen LogP contribution >= 0.6 is 11.8 Å². The predicted octanol–water partition coefficient (Wildman–Crippen LogP) is 3.81. The van der Waals surface area contributed by atoms with Crippen molar-refractivity contribution in [2.75, 3.05) is 0 Å². The molecule has 0 saturated carbocycles. The molecule has 2 rings (SSSR count). The van der Waals surface area contributed by atoms with Crippen LogP contribution in [0.4, 0.5) is 0 Å². The number of primary amides is 1. The van der Waals surface area contributed by atoms with Gasteiger partial charge < -0.3 is 21.1 Å². The van der Waals surface area contributed by atoms with E-state index in [-0.39, 0.29) is 18.1 Å². The number of nitrogens with one attached hydrogen (secondary N) is 2. The fraction of sp³-hybridized carbons (Fsp3) is 0.429. The first-order valence-electron chi connectivity index (χ1n) is 9.38. The van der Waals surface area contributed by atoms with Gasteiger partial charge in [-0.25, -0.2) is 4.79 Å². The molecule has 5 N–H and O–H groups in total. The van der Waals surface area contributed by atoms with Crippen LogP contribution in [0.5, 0.6) is 0 Å². The Kier molecular flexibility index (Phi) is 7.57. The molecule has 0 aliphatic rings. The maximum Gasteiger partial charge on any atom is 0.326 e. The van der Waals surface area contributed by atoms with Crippen LogP contribution in [0.1, 0.15) is 38.7 Å². The normalized spacial score (nSPS) is 13.4. The van der Waals surface area contributed by atoms with Crippen molar-refractivity contribution >= 4 is 34.5 Å². The summed E-state index contributed by atoms with van der Waals surface area (Å²) >= 11 is 1.68. The van der Waals surface area contributed by atoms with Gasteiger partial charge in [-0.15, -0.1) is 11.8 Å². The van der Waals surface area contributed by atoms with Crippen molar-refractivity contribution in [1.29, 1.82) is 0 Å². The average Bonchev–Trinajstić information content (AvgIpc) is 3.01. The minimum atomic E-state index is -1.02. The molecule has 1 aromatic carbocycles. The van der Waals surface area contributed by atoms with E-state index in [9.17, 15) is 14.7 Å². The quantitative estimate of drug-likeness (QED) is 0.427. The minimum Gasteiger partial charge on any atom is -0.480 e. The molecule has 1 amide bonds. The average molecular weight is 404 g/mol. The molecule has 1 heterocycles. The molecule has 0 unspecified atom stereocenters. The number of carboxylic acids is 1. The Hall–Kier alpha value is -2.41. The summed E-state index contributed by atoms with van der Waals surface area (Å²) in [5.41, 5.74) is 8.08. The second kappa shape index (κ2) is 9.68. The molecule has 2 aromatic rings. The smallest absolute Gasteiger partial charge is 0.326 e. The van der Waals surface area contributed by atoms with E-state index in [1.54, 1.807) is 11.8 Å². The van der Waals surface area contributed by atoms with Gasteiger partial charge in [0.05, 0.1) is 0 Å². The number of aromatic amines is 1. The van der Waals surface area contributed by atoms with Crippen LogP contribution in [0.2, 0.25) is 0 Å². The molecule has 152 valence electrons. The van der Waals surface area contributed by atoms with Crippen LogP contribution in [-0.4, -0.2) is 33.3 Å². The molecule has 0 spiro atoms. The highest BCUT2D eigenvalue weighted by Crippen LogP contribution is 2.37. The minimum absolute atomic E-state index is 0.00552. The SMILES string of the molecule is C=C(N[C@@H](CCC(N)=O)C(=O)O)[C@@H](CC(C)C)Sc1c[nH]c2cccc(C)c12. The number of hydrogen-bond acceptors (Lipinski definition) is 4. The first-order chi connectivity index (χ1) is 13.2. The molecule has 7 heteroatoms. The topological polar surface area (TPSA) is 108 Å². The Bertz CT molecular complexity index is 860. The second-order valence-corrected chi connectivity index (χ2v) is 8.70. The Labute approximate surface area is 170 Å². The number of nitrogens with two attached hydrogens (primary N) is 1. The van der Waals surface area contributed by atoms with Gasteiger partial charge in [0.2, 0.25) is 5.91 Å². The van der Waals surface area contributed by atoms with Crippen molar-refractivity contribution in [1.82, 2.24) is 10.3 Å². The number of benzene rings is 1. The molecule has 0 bridgehead atoms. The summed E-state index contributed by atoms with van der Waals surface area (Å²) in [6.45, 7) is 10.5. The largest absolute Gasteiger partial charge is 0.480 e. The van der Waals surface area contributed by atoms with Gasteiger partial charge in [0.15, 0.2) is 0 Å². The van der Waals surface area contributed by atoms with Crippen molar-refractivity contribution in [2.24, 2.45) is 11.7 Å². The summed E-state index contributed by atoms with van der Waals surface area (Å²) in [5.74, 6) is -1.11. The fourth-order valence-electron chi connectivity index (χ4n) is 3.13. The van der Waals surface area contributed by atoms with Crippen molar-refractivity contribution in [2.45, 2.75) is 56.2 Å². The van der Waals surface area contributed by atoms with Gasteiger partial charge in [0.1, 0.15) is 6.04 Å². The first-order valence-corrected chi connectivity index (χ1v) is 10.3. The molecule has 6 nitrogen and oxygen atoms in total. The molecule has 1 aromatic heterocycles. The Morgan fingerprint density at radius 1 is 1.36 bits per heavy atom. The van der Waals surface area contributed by atoms with Crippen molar-refractivity contribution in [3.63, 3.8) is 0 Å². The van der Waals surface area contributed by atoms with Crippen LogP contribution in [0, 0.1) is 12.8 Å². The number of aryl methyl sites for hydroxylation is 1. The number of rotatable bonds is 11. The van der Waals surface area contributed by atoms with Crippen LogP contribution < -0.4 is 11.1 Å². The molecule has 0 aliphatic carbocycles. The summed E-state index contributed by atoms with van der Waals surface area (Å²) < 4.78 is 0. The number of aliphatic carboxylic acids is 1. The Morgan fingerprint density at radius 3 is 2.68 bits per heavy atom. The lowest BCUT2D eigenvalue weighted by molar-refractivity contribution is -0.139. The van der Waals surface area contributed by atoms with Crippen molar-refractivity contribution < 1.29 is 14.7 Å². The van der Waals surface area contributed by atoms with E-state index in [0.29, 0.717) is 11.6 Å².